The predicted molar refractivity (Wildman–Crippen MR) is 80.5 cm³/mol. The van der Waals surface area contributed by atoms with Gasteiger partial charge in [-0.25, -0.2) is 0 Å². The van der Waals surface area contributed by atoms with Crippen LogP contribution in [0.15, 0.2) is 0 Å². The van der Waals surface area contributed by atoms with Gasteiger partial charge in [0.1, 0.15) is 0 Å². The van der Waals surface area contributed by atoms with Gasteiger partial charge >= 0.3 is 0 Å². The van der Waals surface area contributed by atoms with Crippen molar-refractivity contribution in [3.63, 3.8) is 0 Å². The first-order valence-electron chi connectivity index (χ1n) is 8.25. The van der Waals surface area contributed by atoms with Crippen molar-refractivity contribution in [1.82, 2.24) is 14.7 Å². The molecule has 0 N–H and O–H groups in total. The van der Waals surface area contributed by atoms with Crippen LogP contribution in [-0.2, 0) is 0 Å². The molecule has 3 nitrogen and oxygen atoms in total. The Morgan fingerprint density at radius 1 is 0.895 bits per heavy atom. The van der Waals surface area contributed by atoms with E-state index in [0.29, 0.717) is 0 Å². The molecule has 0 bridgehead atoms. The fourth-order valence-corrected chi connectivity index (χ4v) is 4.31. The van der Waals surface area contributed by atoms with Crippen LogP contribution in [0, 0.1) is 5.41 Å². The van der Waals surface area contributed by atoms with E-state index >= 15 is 0 Å². The van der Waals surface area contributed by atoms with Crippen molar-refractivity contribution >= 4 is 0 Å². The van der Waals surface area contributed by atoms with Gasteiger partial charge in [0.25, 0.3) is 0 Å². The second kappa shape index (κ2) is 5.34. The van der Waals surface area contributed by atoms with Gasteiger partial charge in [-0.05, 0) is 65.1 Å². The van der Waals surface area contributed by atoms with Gasteiger partial charge in [0.2, 0.25) is 0 Å². The lowest BCUT2D eigenvalue weighted by Gasteiger charge is -2.56. The maximum absolute atomic E-state index is 2.76. The highest BCUT2D eigenvalue weighted by Crippen LogP contribution is 2.51. The van der Waals surface area contributed by atoms with Crippen molar-refractivity contribution in [2.75, 3.05) is 46.3 Å². The Morgan fingerprint density at radius 2 is 1.47 bits per heavy atom. The van der Waals surface area contributed by atoms with Gasteiger partial charge in [-0.3, -0.25) is 4.90 Å². The molecule has 1 saturated carbocycles. The Hall–Kier alpha value is -0.120. The molecule has 3 heteroatoms. The van der Waals surface area contributed by atoms with Crippen molar-refractivity contribution in [2.24, 2.45) is 5.41 Å². The van der Waals surface area contributed by atoms with Gasteiger partial charge in [-0.1, -0.05) is 0 Å². The fourth-order valence-electron chi connectivity index (χ4n) is 4.31. The second-order valence-corrected chi connectivity index (χ2v) is 7.53. The lowest BCUT2D eigenvalue weighted by molar-refractivity contribution is -0.0574. The van der Waals surface area contributed by atoms with Gasteiger partial charge in [-0.2, -0.15) is 0 Å². The minimum Gasteiger partial charge on any atom is -0.304 e. The quantitative estimate of drug-likeness (QED) is 0.755. The maximum Gasteiger partial charge on any atom is 0.0113 e. The van der Waals surface area contributed by atoms with E-state index in [1.54, 1.807) is 0 Å². The molecule has 19 heavy (non-hydrogen) atoms. The van der Waals surface area contributed by atoms with Crippen LogP contribution in [0.1, 0.15) is 39.5 Å². The highest BCUT2D eigenvalue weighted by atomic mass is 15.3. The number of hydrogen-bond donors (Lipinski definition) is 0. The van der Waals surface area contributed by atoms with Crippen LogP contribution in [-0.4, -0.2) is 73.1 Å². The molecular formula is C16H31N3. The third-order valence-corrected chi connectivity index (χ3v) is 5.98. The molecule has 2 heterocycles. The van der Waals surface area contributed by atoms with E-state index in [4.69, 9.17) is 0 Å². The summed E-state index contributed by atoms with van der Waals surface area (Å²) in [5.41, 5.74) is 0.736. The second-order valence-electron chi connectivity index (χ2n) is 7.53. The topological polar surface area (TPSA) is 9.72 Å². The SMILES string of the molecule is CC(C)N1CCC2(CC1)CC(N1CCN(C)CC1)C2. The van der Waals surface area contributed by atoms with Crippen LogP contribution >= 0.6 is 0 Å². The molecule has 1 aliphatic carbocycles. The maximum atomic E-state index is 2.76. The molecule has 0 unspecified atom stereocenters. The number of likely N-dealkylation sites (tertiary alicyclic amines) is 1. The zero-order chi connectivity index (χ0) is 13.5. The number of piperidine rings is 1. The molecule has 3 aliphatic rings. The first kappa shape index (κ1) is 13.8. The smallest absolute Gasteiger partial charge is 0.0113 e. The molecule has 0 atom stereocenters. The number of likely N-dealkylation sites (N-methyl/N-ethyl adjacent to an activating group) is 1. The van der Waals surface area contributed by atoms with E-state index in [1.807, 2.05) is 0 Å². The lowest BCUT2D eigenvalue weighted by atomic mass is 9.60. The van der Waals surface area contributed by atoms with Crippen LogP contribution in [0.4, 0.5) is 0 Å². The summed E-state index contributed by atoms with van der Waals surface area (Å²) in [5.74, 6) is 0. The van der Waals surface area contributed by atoms with Crippen molar-refractivity contribution in [3.8, 4) is 0 Å². The van der Waals surface area contributed by atoms with Gasteiger partial charge in [-0.15, -0.1) is 0 Å². The average molecular weight is 265 g/mol. The largest absolute Gasteiger partial charge is 0.304 e. The summed E-state index contributed by atoms with van der Waals surface area (Å²) in [6.07, 6.45) is 5.89. The molecule has 2 saturated heterocycles. The highest BCUT2D eigenvalue weighted by Gasteiger charge is 2.47. The molecule has 0 radical (unpaired) electrons. The molecule has 2 aliphatic heterocycles. The van der Waals surface area contributed by atoms with Crippen molar-refractivity contribution in [3.05, 3.63) is 0 Å². The molecule has 3 fully saturated rings. The first-order valence-corrected chi connectivity index (χ1v) is 8.25. The summed E-state index contributed by atoms with van der Waals surface area (Å²) >= 11 is 0. The van der Waals surface area contributed by atoms with Crippen molar-refractivity contribution < 1.29 is 0 Å². The molecule has 3 rings (SSSR count). The third-order valence-electron chi connectivity index (χ3n) is 5.98. The summed E-state index contributed by atoms with van der Waals surface area (Å²) in [6, 6.07) is 1.66. The summed E-state index contributed by atoms with van der Waals surface area (Å²) in [5, 5.41) is 0. The van der Waals surface area contributed by atoms with Gasteiger partial charge in [0, 0.05) is 38.3 Å². The number of hydrogen-bond acceptors (Lipinski definition) is 3. The molecule has 0 aromatic rings. The molecular weight excluding hydrogens is 234 g/mol. The molecule has 110 valence electrons. The predicted octanol–water partition coefficient (Wildman–Crippen LogP) is 1.89. The van der Waals surface area contributed by atoms with Crippen LogP contribution in [0.25, 0.3) is 0 Å². The Kier molecular flexibility index (Phi) is 3.89. The van der Waals surface area contributed by atoms with E-state index in [-0.39, 0.29) is 0 Å². The normalized spacial score (nSPS) is 30.9. The van der Waals surface area contributed by atoms with Crippen LogP contribution in [0.3, 0.4) is 0 Å². The summed E-state index contributed by atoms with van der Waals surface area (Å²) in [4.78, 5) is 7.89. The summed E-state index contributed by atoms with van der Waals surface area (Å²) < 4.78 is 0. The van der Waals surface area contributed by atoms with Gasteiger partial charge in [0.05, 0.1) is 0 Å². The number of rotatable bonds is 2. The lowest BCUT2D eigenvalue weighted by Crippen LogP contribution is -2.59. The first-order chi connectivity index (χ1) is 9.08. The molecule has 0 aromatic carbocycles. The summed E-state index contributed by atoms with van der Waals surface area (Å²) in [6.45, 7) is 12.5. The van der Waals surface area contributed by atoms with E-state index in [0.717, 1.165) is 17.5 Å². The van der Waals surface area contributed by atoms with E-state index in [9.17, 15) is 0 Å². The Labute approximate surface area is 118 Å². The van der Waals surface area contributed by atoms with Gasteiger partial charge < -0.3 is 9.80 Å². The minimum absolute atomic E-state index is 0.736. The standard InChI is InChI=1S/C16H31N3/c1-14(2)18-6-4-16(5-7-18)12-15(13-16)19-10-8-17(3)9-11-19/h14-15H,4-13H2,1-3H3. The average Bonchev–Trinajstić information content (AvgIpc) is 2.37. The van der Waals surface area contributed by atoms with E-state index in [2.05, 4.69) is 35.6 Å². The molecule has 0 aromatic heterocycles. The fraction of sp³-hybridized carbons (Fsp3) is 1.00. The summed E-state index contributed by atoms with van der Waals surface area (Å²) in [7, 11) is 2.25. The van der Waals surface area contributed by atoms with E-state index < -0.39 is 0 Å². The van der Waals surface area contributed by atoms with Crippen molar-refractivity contribution in [2.45, 2.75) is 51.6 Å². The highest BCUT2D eigenvalue weighted by molar-refractivity contribution is 5.02. The Morgan fingerprint density at radius 3 is 2.00 bits per heavy atom. The Balaban J connectivity index is 1.45. The van der Waals surface area contributed by atoms with Crippen LogP contribution in [0.2, 0.25) is 0 Å². The van der Waals surface area contributed by atoms with Crippen molar-refractivity contribution in [1.29, 1.82) is 0 Å². The zero-order valence-corrected chi connectivity index (χ0v) is 13.1. The van der Waals surface area contributed by atoms with E-state index in [1.165, 1.54) is 65.0 Å². The zero-order valence-electron chi connectivity index (χ0n) is 13.1. The number of piperazine rings is 1. The van der Waals surface area contributed by atoms with Crippen LogP contribution < -0.4 is 0 Å². The number of nitrogens with zero attached hydrogens (tertiary/aromatic N) is 3. The molecule has 0 amide bonds. The Bertz CT molecular complexity index is 291. The van der Waals surface area contributed by atoms with Gasteiger partial charge in [0.15, 0.2) is 0 Å². The minimum atomic E-state index is 0.736. The monoisotopic (exact) mass is 265 g/mol. The molecule has 1 spiro atoms. The third kappa shape index (κ3) is 2.84. The van der Waals surface area contributed by atoms with Crippen LogP contribution in [0.5, 0.6) is 0 Å².